The van der Waals surface area contributed by atoms with Crippen LogP contribution < -0.4 is 0 Å². The van der Waals surface area contributed by atoms with Crippen LogP contribution in [0.3, 0.4) is 0 Å². The Labute approximate surface area is 105 Å². The van der Waals surface area contributed by atoms with E-state index in [2.05, 4.69) is 59.1 Å². The van der Waals surface area contributed by atoms with Crippen molar-refractivity contribution < 1.29 is 0 Å². The van der Waals surface area contributed by atoms with Crippen LogP contribution in [-0.2, 0) is 6.42 Å². The summed E-state index contributed by atoms with van der Waals surface area (Å²) in [6, 6.07) is 4.34. The molecule has 1 aromatic carbocycles. The molecule has 0 aliphatic rings. The smallest absolute Gasteiger partial charge is 0.00829 e. The fourth-order valence-corrected chi connectivity index (χ4v) is 2.18. The second-order valence-electron chi connectivity index (χ2n) is 4.37. The Morgan fingerprint density at radius 3 is 2.29 bits per heavy atom. The third-order valence-corrected chi connectivity index (χ3v) is 3.18. The van der Waals surface area contributed by atoms with E-state index in [1.54, 1.807) is 0 Å². The summed E-state index contributed by atoms with van der Waals surface area (Å²) in [4.78, 5) is 0. The van der Waals surface area contributed by atoms with Crippen molar-refractivity contribution in [2.24, 2.45) is 0 Å². The predicted octanol–water partition coefficient (Wildman–Crippen LogP) is 5.35. The van der Waals surface area contributed by atoms with E-state index in [0.29, 0.717) is 0 Å². The fourth-order valence-electron chi connectivity index (χ4n) is 2.18. The molecule has 0 aliphatic carbocycles. The number of allylic oxidation sites excluding steroid dienone is 3. The highest BCUT2D eigenvalue weighted by atomic mass is 14.2. The quantitative estimate of drug-likeness (QED) is 0.649. The lowest BCUT2D eigenvalue weighted by Gasteiger charge is -2.17. The van der Waals surface area contributed by atoms with Gasteiger partial charge in [0.15, 0.2) is 0 Å². The van der Waals surface area contributed by atoms with Crippen LogP contribution in [0, 0.1) is 0 Å². The van der Waals surface area contributed by atoms with Crippen molar-refractivity contribution >= 4 is 17.2 Å². The van der Waals surface area contributed by atoms with E-state index >= 15 is 0 Å². The minimum Gasteiger partial charge on any atom is -0.0984 e. The number of hydrogen-bond donors (Lipinski definition) is 0. The average Bonchev–Trinajstić information content (AvgIpc) is 2.35. The number of rotatable bonds is 4. The van der Waals surface area contributed by atoms with E-state index in [0.717, 1.165) is 12.0 Å². The maximum Gasteiger partial charge on any atom is -0.00829 e. The van der Waals surface area contributed by atoms with Gasteiger partial charge in [0.25, 0.3) is 0 Å². The van der Waals surface area contributed by atoms with Crippen LogP contribution in [0.25, 0.3) is 17.2 Å². The Kier molecular flexibility index (Phi) is 4.51. The molecule has 0 aliphatic heterocycles. The van der Waals surface area contributed by atoms with Gasteiger partial charge in [-0.15, -0.1) is 0 Å². The van der Waals surface area contributed by atoms with E-state index in [1.165, 1.54) is 27.8 Å². The Bertz CT molecular complexity index is 473. The topological polar surface area (TPSA) is 0 Å². The van der Waals surface area contributed by atoms with Gasteiger partial charge in [-0.25, -0.2) is 0 Å². The molecule has 0 radical (unpaired) electrons. The van der Waals surface area contributed by atoms with Crippen LogP contribution in [-0.4, -0.2) is 0 Å². The van der Waals surface area contributed by atoms with Crippen molar-refractivity contribution in [2.45, 2.75) is 34.1 Å². The Balaban J connectivity index is 3.70. The van der Waals surface area contributed by atoms with E-state index in [-0.39, 0.29) is 0 Å². The summed E-state index contributed by atoms with van der Waals surface area (Å²) < 4.78 is 0. The van der Waals surface area contributed by atoms with Gasteiger partial charge in [0.05, 0.1) is 0 Å². The molecule has 0 saturated carbocycles. The Hall–Kier alpha value is -1.56. The van der Waals surface area contributed by atoms with Gasteiger partial charge in [-0.2, -0.15) is 0 Å². The normalized spacial score (nSPS) is 11.4. The molecule has 0 N–H and O–H groups in total. The van der Waals surface area contributed by atoms with E-state index < -0.39 is 0 Å². The lowest BCUT2D eigenvalue weighted by molar-refractivity contribution is 1.12. The van der Waals surface area contributed by atoms with Crippen molar-refractivity contribution in [3.05, 3.63) is 53.6 Å². The molecule has 0 saturated heterocycles. The minimum atomic E-state index is 1.04. The van der Waals surface area contributed by atoms with Crippen molar-refractivity contribution in [3.8, 4) is 0 Å². The summed E-state index contributed by atoms with van der Waals surface area (Å²) in [5, 5.41) is 0. The van der Waals surface area contributed by atoms with E-state index in [9.17, 15) is 0 Å². The molecule has 90 valence electrons. The monoisotopic (exact) mass is 226 g/mol. The largest absolute Gasteiger partial charge is 0.0984 e. The summed E-state index contributed by atoms with van der Waals surface area (Å²) >= 11 is 0. The standard InChI is InChI=1S/C17H22/c1-7-13(6)17-15(9-3)11-10-14(8-2)16(17)12(4)5/h7-8,10-11H,2,4,9H2,1,3,5-6H3/b13-7-. The molecule has 17 heavy (non-hydrogen) atoms. The van der Waals surface area contributed by atoms with Crippen LogP contribution in [0.15, 0.2) is 31.4 Å². The first-order valence-electron chi connectivity index (χ1n) is 6.14. The highest BCUT2D eigenvalue weighted by Crippen LogP contribution is 2.31. The molecule has 0 amide bonds. The van der Waals surface area contributed by atoms with Crippen LogP contribution >= 0.6 is 0 Å². The first-order valence-corrected chi connectivity index (χ1v) is 6.14. The number of aryl methyl sites for hydroxylation is 1. The highest BCUT2D eigenvalue weighted by molar-refractivity contribution is 5.84. The van der Waals surface area contributed by atoms with Crippen molar-refractivity contribution in [1.29, 1.82) is 0 Å². The SMILES string of the molecule is C=Cc1ccc(CC)c(/C(C)=C\C)c1C(=C)C. The fraction of sp³-hybridized carbons (Fsp3) is 0.294. The highest BCUT2D eigenvalue weighted by Gasteiger charge is 2.12. The van der Waals surface area contributed by atoms with Gasteiger partial charge >= 0.3 is 0 Å². The van der Waals surface area contributed by atoms with Crippen LogP contribution in [0.1, 0.15) is 49.9 Å². The molecule has 0 spiro atoms. The second kappa shape index (κ2) is 5.67. The third-order valence-electron chi connectivity index (χ3n) is 3.18. The first-order chi connectivity index (χ1) is 8.06. The summed E-state index contributed by atoms with van der Waals surface area (Å²) in [7, 11) is 0. The molecular formula is C17H22. The van der Waals surface area contributed by atoms with Gasteiger partial charge in [0.2, 0.25) is 0 Å². The van der Waals surface area contributed by atoms with Gasteiger partial charge < -0.3 is 0 Å². The lowest BCUT2D eigenvalue weighted by atomic mass is 9.87. The van der Waals surface area contributed by atoms with Crippen molar-refractivity contribution in [2.75, 3.05) is 0 Å². The molecule has 0 aromatic heterocycles. The zero-order valence-corrected chi connectivity index (χ0v) is 11.4. The number of hydrogen-bond acceptors (Lipinski definition) is 0. The summed E-state index contributed by atoms with van der Waals surface area (Å²) in [6.07, 6.45) is 5.11. The molecule has 0 unspecified atom stereocenters. The summed E-state index contributed by atoms with van der Waals surface area (Å²) in [5.41, 5.74) is 7.54. The van der Waals surface area contributed by atoms with Crippen molar-refractivity contribution in [3.63, 3.8) is 0 Å². The Morgan fingerprint density at radius 1 is 1.24 bits per heavy atom. The van der Waals surface area contributed by atoms with E-state index in [1.807, 2.05) is 6.08 Å². The van der Waals surface area contributed by atoms with Gasteiger partial charge in [0.1, 0.15) is 0 Å². The molecule has 0 atom stereocenters. The maximum absolute atomic E-state index is 4.11. The molecule has 0 heterocycles. The summed E-state index contributed by atoms with van der Waals surface area (Å²) in [5.74, 6) is 0. The molecule has 0 fully saturated rings. The number of benzene rings is 1. The van der Waals surface area contributed by atoms with E-state index in [4.69, 9.17) is 0 Å². The average molecular weight is 226 g/mol. The van der Waals surface area contributed by atoms with Gasteiger partial charge in [-0.05, 0) is 60.6 Å². The first kappa shape index (κ1) is 13.5. The predicted molar refractivity (Wildman–Crippen MR) is 79.9 cm³/mol. The van der Waals surface area contributed by atoms with Crippen LogP contribution in [0.2, 0.25) is 0 Å². The molecule has 1 aromatic rings. The molecule has 1 rings (SSSR count). The lowest BCUT2D eigenvalue weighted by Crippen LogP contribution is -1.99. The third kappa shape index (κ3) is 2.58. The molecular weight excluding hydrogens is 204 g/mol. The maximum atomic E-state index is 4.11. The van der Waals surface area contributed by atoms with Crippen LogP contribution in [0.4, 0.5) is 0 Å². The second-order valence-corrected chi connectivity index (χ2v) is 4.37. The van der Waals surface area contributed by atoms with Crippen molar-refractivity contribution in [1.82, 2.24) is 0 Å². The molecule has 0 heteroatoms. The van der Waals surface area contributed by atoms with Crippen LogP contribution in [0.5, 0.6) is 0 Å². The molecule has 0 nitrogen and oxygen atoms in total. The zero-order chi connectivity index (χ0) is 13.0. The minimum absolute atomic E-state index is 1.04. The summed E-state index contributed by atoms with van der Waals surface area (Å²) in [6.45, 7) is 16.5. The van der Waals surface area contributed by atoms with Gasteiger partial charge in [-0.1, -0.05) is 44.4 Å². The Morgan fingerprint density at radius 2 is 1.88 bits per heavy atom. The zero-order valence-electron chi connectivity index (χ0n) is 11.4. The van der Waals surface area contributed by atoms with Gasteiger partial charge in [-0.3, -0.25) is 0 Å². The molecule has 0 bridgehead atoms. The van der Waals surface area contributed by atoms with Gasteiger partial charge in [0, 0.05) is 0 Å².